The fourth-order valence-corrected chi connectivity index (χ4v) is 2.10. The molecule has 0 atom stereocenters. The Balaban J connectivity index is 1.67. The molecule has 0 aliphatic heterocycles. The van der Waals surface area contributed by atoms with Crippen LogP contribution in [0.15, 0.2) is 18.2 Å². The van der Waals surface area contributed by atoms with E-state index in [2.05, 4.69) is 5.32 Å². The Morgan fingerprint density at radius 1 is 1.48 bits per heavy atom. The van der Waals surface area contributed by atoms with E-state index in [1.54, 1.807) is 6.07 Å². The summed E-state index contributed by atoms with van der Waals surface area (Å²) in [6.07, 6.45) is 2.61. The average molecular weight is 291 g/mol. The van der Waals surface area contributed by atoms with E-state index in [0.717, 1.165) is 30.3 Å². The third kappa shape index (κ3) is 5.73. The second-order valence-corrected chi connectivity index (χ2v) is 5.88. The van der Waals surface area contributed by atoms with E-state index in [9.17, 15) is 4.79 Å². The molecule has 0 heterocycles. The van der Waals surface area contributed by atoms with E-state index in [4.69, 9.17) is 10.5 Å². The van der Waals surface area contributed by atoms with Crippen molar-refractivity contribution >= 4 is 17.3 Å². The van der Waals surface area contributed by atoms with Crippen molar-refractivity contribution in [2.24, 2.45) is 5.92 Å². The minimum Gasteiger partial charge on any atom is -0.399 e. The third-order valence-corrected chi connectivity index (χ3v) is 3.61. The summed E-state index contributed by atoms with van der Waals surface area (Å²) in [7, 11) is 1.93. The first-order valence-electron chi connectivity index (χ1n) is 7.47. The first-order chi connectivity index (χ1) is 10.0. The fraction of sp³-hybridized carbons (Fsp3) is 0.562. The highest BCUT2D eigenvalue weighted by atomic mass is 16.5. The molecule has 0 bridgehead atoms. The molecule has 0 saturated heterocycles. The quantitative estimate of drug-likeness (QED) is 0.567. The van der Waals surface area contributed by atoms with Crippen LogP contribution in [0.25, 0.3) is 0 Å². The number of nitrogens with zero attached hydrogens (tertiary/aromatic N) is 1. The number of nitrogen functional groups attached to an aromatic ring is 1. The van der Waals surface area contributed by atoms with Crippen LogP contribution in [0, 0.1) is 12.8 Å². The molecule has 0 aromatic heterocycles. The van der Waals surface area contributed by atoms with Gasteiger partial charge in [0.25, 0.3) is 0 Å². The molecule has 5 heteroatoms. The summed E-state index contributed by atoms with van der Waals surface area (Å²) in [4.78, 5) is 14.0. The molecule has 3 N–H and O–H groups in total. The summed E-state index contributed by atoms with van der Waals surface area (Å²) in [5, 5.41) is 2.91. The number of anilines is 2. The molecule has 0 unspecified atom stereocenters. The van der Waals surface area contributed by atoms with Gasteiger partial charge in [0.05, 0.1) is 13.2 Å². The van der Waals surface area contributed by atoms with Gasteiger partial charge in [-0.1, -0.05) is 0 Å². The molecular weight excluding hydrogens is 266 g/mol. The lowest BCUT2D eigenvalue weighted by Crippen LogP contribution is -2.32. The molecule has 1 aliphatic carbocycles. The maximum absolute atomic E-state index is 12.0. The number of ether oxygens (including phenoxy) is 1. The normalized spacial score (nSPS) is 14.4. The summed E-state index contributed by atoms with van der Waals surface area (Å²) < 4.78 is 5.57. The van der Waals surface area contributed by atoms with Crippen LogP contribution in [0.2, 0.25) is 0 Å². The van der Waals surface area contributed by atoms with Gasteiger partial charge in [0, 0.05) is 24.5 Å². The van der Waals surface area contributed by atoms with Crippen molar-refractivity contribution in [1.82, 2.24) is 4.90 Å². The molecule has 21 heavy (non-hydrogen) atoms. The third-order valence-electron chi connectivity index (χ3n) is 3.61. The number of aryl methyl sites for hydroxylation is 1. The maximum Gasteiger partial charge on any atom is 0.238 e. The smallest absolute Gasteiger partial charge is 0.238 e. The van der Waals surface area contributed by atoms with E-state index < -0.39 is 0 Å². The lowest BCUT2D eigenvalue weighted by atomic mass is 10.2. The standard InChI is InChI=1S/C16H25N3O2/c1-12-9-14(17)5-6-15(12)18-16(20)10-19(2)7-8-21-11-13-3-4-13/h5-6,9,13H,3-4,7-8,10-11,17H2,1-2H3,(H,18,20). The summed E-state index contributed by atoms with van der Waals surface area (Å²) in [5.74, 6) is 0.764. The van der Waals surface area contributed by atoms with Crippen LogP contribution in [0.3, 0.4) is 0 Å². The van der Waals surface area contributed by atoms with Gasteiger partial charge in [0.1, 0.15) is 0 Å². The number of carbonyl (C=O) groups is 1. The van der Waals surface area contributed by atoms with Crippen LogP contribution in [0.4, 0.5) is 11.4 Å². The number of nitrogens with two attached hydrogens (primary N) is 1. The molecule has 0 spiro atoms. The van der Waals surface area contributed by atoms with E-state index in [1.165, 1.54) is 12.8 Å². The zero-order valence-electron chi connectivity index (χ0n) is 12.9. The number of amides is 1. The highest BCUT2D eigenvalue weighted by Gasteiger charge is 2.21. The molecule has 5 nitrogen and oxygen atoms in total. The molecular formula is C16H25N3O2. The van der Waals surface area contributed by atoms with Crippen molar-refractivity contribution in [2.45, 2.75) is 19.8 Å². The summed E-state index contributed by atoms with van der Waals surface area (Å²) in [6, 6.07) is 5.48. The molecule has 1 amide bonds. The molecule has 1 fully saturated rings. The van der Waals surface area contributed by atoms with E-state index in [1.807, 2.05) is 31.0 Å². The highest BCUT2D eigenvalue weighted by molar-refractivity contribution is 5.93. The van der Waals surface area contributed by atoms with Crippen molar-refractivity contribution in [1.29, 1.82) is 0 Å². The molecule has 1 aromatic carbocycles. The molecule has 116 valence electrons. The Kier molecular flexibility index (Phi) is 5.59. The number of hydrogen-bond acceptors (Lipinski definition) is 4. The predicted octanol–water partition coefficient (Wildman–Crippen LogP) is 1.87. The minimum atomic E-state index is -0.0208. The fourth-order valence-electron chi connectivity index (χ4n) is 2.10. The minimum absolute atomic E-state index is 0.0208. The van der Waals surface area contributed by atoms with Crippen molar-refractivity contribution in [3.05, 3.63) is 23.8 Å². The van der Waals surface area contributed by atoms with Gasteiger partial charge >= 0.3 is 0 Å². The largest absolute Gasteiger partial charge is 0.399 e. The summed E-state index contributed by atoms with van der Waals surface area (Å²) in [5.41, 5.74) is 8.19. The van der Waals surface area contributed by atoms with Crippen molar-refractivity contribution in [3.63, 3.8) is 0 Å². The van der Waals surface area contributed by atoms with Gasteiger partial charge in [-0.25, -0.2) is 0 Å². The molecule has 2 rings (SSSR count). The number of likely N-dealkylation sites (N-methyl/N-ethyl adjacent to an activating group) is 1. The predicted molar refractivity (Wildman–Crippen MR) is 85.3 cm³/mol. The maximum atomic E-state index is 12.0. The van der Waals surface area contributed by atoms with E-state index in [-0.39, 0.29) is 5.91 Å². The van der Waals surface area contributed by atoms with Gasteiger partial charge < -0.3 is 15.8 Å². The zero-order chi connectivity index (χ0) is 15.2. The second kappa shape index (κ2) is 7.43. The van der Waals surface area contributed by atoms with Crippen LogP contribution in [0.1, 0.15) is 18.4 Å². The Labute approximate surface area is 126 Å². The number of hydrogen-bond donors (Lipinski definition) is 2. The summed E-state index contributed by atoms with van der Waals surface area (Å²) >= 11 is 0. The van der Waals surface area contributed by atoms with Gasteiger partial charge in [-0.2, -0.15) is 0 Å². The number of nitrogens with one attached hydrogen (secondary N) is 1. The van der Waals surface area contributed by atoms with Crippen LogP contribution in [-0.4, -0.2) is 44.2 Å². The Morgan fingerprint density at radius 3 is 2.90 bits per heavy atom. The first-order valence-corrected chi connectivity index (χ1v) is 7.47. The van der Waals surface area contributed by atoms with Crippen LogP contribution in [0.5, 0.6) is 0 Å². The van der Waals surface area contributed by atoms with Gasteiger partial charge in [0.2, 0.25) is 5.91 Å². The topological polar surface area (TPSA) is 67.6 Å². The van der Waals surface area contributed by atoms with Gasteiger partial charge in [-0.3, -0.25) is 9.69 Å². The van der Waals surface area contributed by atoms with E-state index >= 15 is 0 Å². The van der Waals surface area contributed by atoms with Crippen molar-refractivity contribution in [2.75, 3.05) is 44.4 Å². The number of benzene rings is 1. The van der Waals surface area contributed by atoms with Crippen molar-refractivity contribution < 1.29 is 9.53 Å². The van der Waals surface area contributed by atoms with Gasteiger partial charge in [0.15, 0.2) is 0 Å². The van der Waals surface area contributed by atoms with Gasteiger partial charge in [-0.05, 0) is 56.5 Å². The number of carbonyl (C=O) groups excluding carboxylic acids is 1. The van der Waals surface area contributed by atoms with Gasteiger partial charge in [-0.15, -0.1) is 0 Å². The highest BCUT2D eigenvalue weighted by Crippen LogP contribution is 2.28. The van der Waals surface area contributed by atoms with Crippen LogP contribution in [-0.2, 0) is 9.53 Å². The second-order valence-electron chi connectivity index (χ2n) is 5.88. The zero-order valence-corrected chi connectivity index (χ0v) is 12.9. The first kappa shape index (κ1) is 15.8. The molecule has 1 saturated carbocycles. The molecule has 1 aromatic rings. The monoisotopic (exact) mass is 291 g/mol. The number of rotatable bonds is 8. The lowest BCUT2D eigenvalue weighted by Gasteiger charge is -2.17. The van der Waals surface area contributed by atoms with E-state index in [0.29, 0.717) is 18.8 Å². The molecule has 1 aliphatic rings. The average Bonchev–Trinajstić information content (AvgIpc) is 3.22. The lowest BCUT2D eigenvalue weighted by molar-refractivity contribution is -0.117. The van der Waals surface area contributed by atoms with Crippen LogP contribution >= 0.6 is 0 Å². The SMILES string of the molecule is Cc1cc(N)ccc1NC(=O)CN(C)CCOCC1CC1. The van der Waals surface area contributed by atoms with Crippen LogP contribution < -0.4 is 11.1 Å². The molecule has 0 radical (unpaired) electrons. The Bertz CT molecular complexity index is 486. The summed E-state index contributed by atoms with van der Waals surface area (Å²) in [6.45, 7) is 4.60. The Morgan fingerprint density at radius 2 is 2.24 bits per heavy atom. The Hall–Kier alpha value is -1.59. The van der Waals surface area contributed by atoms with Crippen molar-refractivity contribution in [3.8, 4) is 0 Å².